The zero-order valence-electron chi connectivity index (χ0n) is 21.6. The van der Waals surface area contributed by atoms with Gasteiger partial charge in [-0.1, -0.05) is 23.7 Å². The fourth-order valence-electron chi connectivity index (χ4n) is 5.17. The maximum Gasteiger partial charge on any atom is 0.260 e. The van der Waals surface area contributed by atoms with Gasteiger partial charge in [0.2, 0.25) is 0 Å². The van der Waals surface area contributed by atoms with E-state index in [1.54, 1.807) is 23.2 Å². The highest BCUT2D eigenvalue weighted by Crippen LogP contribution is 2.31. The van der Waals surface area contributed by atoms with Gasteiger partial charge in [-0.25, -0.2) is 15.0 Å². The van der Waals surface area contributed by atoms with Crippen molar-refractivity contribution in [1.82, 2.24) is 34.3 Å². The lowest BCUT2D eigenvalue weighted by Gasteiger charge is -2.42. The Hall–Kier alpha value is -3.24. The van der Waals surface area contributed by atoms with Crippen LogP contribution in [-0.2, 0) is 11.3 Å². The molecule has 9 nitrogen and oxygen atoms in total. The van der Waals surface area contributed by atoms with Gasteiger partial charge in [0.05, 0.1) is 36.8 Å². The summed E-state index contributed by atoms with van der Waals surface area (Å²) >= 11 is 6.76. The molecule has 10 heteroatoms. The van der Waals surface area contributed by atoms with Crippen LogP contribution in [0.4, 0.5) is 0 Å². The maximum absolute atomic E-state index is 13.9. The monoisotopic (exact) mass is 531 g/mol. The molecule has 2 aliphatic rings. The van der Waals surface area contributed by atoms with E-state index in [0.29, 0.717) is 40.2 Å². The van der Waals surface area contributed by atoms with E-state index >= 15 is 0 Å². The number of nitrogens with zero attached hydrogens (tertiary/aromatic N) is 7. The van der Waals surface area contributed by atoms with Gasteiger partial charge in [-0.05, 0) is 26.0 Å². The van der Waals surface area contributed by atoms with E-state index in [4.69, 9.17) is 16.3 Å². The second kappa shape index (κ2) is 10.5. The van der Waals surface area contributed by atoms with Crippen LogP contribution in [0.5, 0.6) is 0 Å². The molecule has 0 unspecified atom stereocenters. The quantitative estimate of drug-likeness (QED) is 0.375. The summed E-state index contributed by atoms with van der Waals surface area (Å²) in [7, 11) is 0. The van der Waals surface area contributed by atoms with Crippen molar-refractivity contribution < 1.29 is 4.74 Å². The first-order valence-electron chi connectivity index (χ1n) is 13.0. The first-order chi connectivity index (χ1) is 18.5. The predicted octanol–water partition coefficient (Wildman–Crippen LogP) is 3.20. The molecule has 0 amide bonds. The Balaban J connectivity index is 1.30. The second-order valence-electron chi connectivity index (χ2n) is 10.0. The van der Waals surface area contributed by atoms with Crippen LogP contribution in [-0.4, -0.2) is 86.3 Å². The second-order valence-corrected chi connectivity index (χ2v) is 10.4. The molecule has 6 rings (SSSR count). The zero-order chi connectivity index (χ0) is 26.2. The van der Waals surface area contributed by atoms with E-state index in [1.807, 2.05) is 38.1 Å². The number of halogens is 1. The molecule has 2 saturated heterocycles. The molecule has 0 radical (unpaired) electrons. The number of benzene rings is 1. The molecule has 2 aliphatic heterocycles. The Kier molecular flexibility index (Phi) is 6.92. The number of aromatic nitrogens is 5. The number of ether oxygens (including phenoxy) is 1. The van der Waals surface area contributed by atoms with E-state index in [-0.39, 0.29) is 5.56 Å². The summed E-state index contributed by atoms with van der Waals surface area (Å²) in [6, 6.07) is 8.06. The summed E-state index contributed by atoms with van der Waals surface area (Å²) < 4.78 is 7.13. The third-order valence-corrected chi connectivity index (χ3v) is 7.75. The lowest BCUT2D eigenvalue weighted by atomic mass is 10.0. The number of hydrogen-bond acceptors (Lipinski definition) is 8. The number of aryl methyl sites for hydroxylation is 2. The summed E-state index contributed by atoms with van der Waals surface area (Å²) in [6.45, 7) is 10.8. The van der Waals surface area contributed by atoms with E-state index in [0.717, 1.165) is 68.3 Å². The van der Waals surface area contributed by atoms with Crippen molar-refractivity contribution in [1.29, 1.82) is 0 Å². The lowest BCUT2D eigenvalue weighted by Crippen LogP contribution is -2.56. The van der Waals surface area contributed by atoms with Crippen molar-refractivity contribution in [3.63, 3.8) is 0 Å². The van der Waals surface area contributed by atoms with Crippen molar-refractivity contribution >= 4 is 22.6 Å². The highest BCUT2D eigenvalue weighted by Gasteiger charge is 2.28. The molecule has 4 aromatic rings. The Morgan fingerprint density at radius 3 is 2.50 bits per heavy atom. The van der Waals surface area contributed by atoms with Crippen LogP contribution in [0, 0.1) is 13.8 Å². The number of rotatable bonds is 6. The Morgan fingerprint density at radius 1 is 0.974 bits per heavy atom. The number of hydrogen-bond donors (Lipinski definition) is 0. The predicted molar refractivity (Wildman–Crippen MR) is 147 cm³/mol. The van der Waals surface area contributed by atoms with Gasteiger partial charge < -0.3 is 4.74 Å². The number of pyridine rings is 1. The van der Waals surface area contributed by atoms with Crippen LogP contribution >= 0.6 is 11.6 Å². The van der Waals surface area contributed by atoms with E-state index in [2.05, 4.69) is 29.7 Å². The summed E-state index contributed by atoms with van der Waals surface area (Å²) in [5.41, 5.74) is 4.17. The van der Waals surface area contributed by atoms with E-state index in [1.165, 1.54) is 0 Å². The molecule has 0 saturated carbocycles. The highest BCUT2D eigenvalue weighted by molar-refractivity contribution is 6.33. The lowest BCUT2D eigenvalue weighted by molar-refractivity contribution is -0.0769. The fourth-order valence-corrected chi connectivity index (χ4v) is 5.45. The standard InChI is InChI=1S/C28H30ClN7O2/c1-18-13-30-15-26(32-18)20-3-4-23(25(29)12-20)24-11-21-14-31-19(2)33-27(21)36(28(24)37)10-7-34-5-8-35(9-6-34)22-16-38-17-22/h3-4,11-15,22H,5-10,16-17H2,1-2H3. The number of fused-ring (bicyclic) bond motifs is 1. The topological polar surface area (TPSA) is 89.3 Å². The van der Waals surface area contributed by atoms with Crippen molar-refractivity contribution in [2.24, 2.45) is 0 Å². The molecule has 2 fully saturated rings. The Labute approximate surface area is 226 Å². The Bertz CT molecular complexity index is 1540. The molecule has 0 spiro atoms. The highest BCUT2D eigenvalue weighted by atomic mass is 35.5. The van der Waals surface area contributed by atoms with Gasteiger partial charge >= 0.3 is 0 Å². The molecule has 0 aliphatic carbocycles. The van der Waals surface area contributed by atoms with Crippen molar-refractivity contribution in [2.75, 3.05) is 45.9 Å². The van der Waals surface area contributed by atoms with Crippen LogP contribution in [0.15, 0.2) is 47.7 Å². The SMILES string of the molecule is Cc1cncc(-c2ccc(-c3cc4cnc(C)nc4n(CCN4CCN(C5COC5)CC4)c3=O)c(Cl)c2)n1. The van der Waals surface area contributed by atoms with Gasteiger partial charge in [-0.2, -0.15) is 0 Å². The van der Waals surface area contributed by atoms with E-state index < -0.39 is 0 Å². The largest absolute Gasteiger partial charge is 0.378 e. The van der Waals surface area contributed by atoms with Gasteiger partial charge in [0.25, 0.3) is 5.56 Å². The van der Waals surface area contributed by atoms with E-state index in [9.17, 15) is 4.79 Å². The molecule has 1 aromatic carbocycles. The van der Waals surface area contributed by atoms with Gasteiger partial charge in [-0.3, -0.25) is 24.1 Å². The smallest absolute Gasteiger partial charge is 0.260 e. The van der Waals surface area contributed by atoms with Crippen LogP contribution < -0.4 is 5.56 Å². The van der Waals surface area contributed by atoms with Gasteiger partial charge in [-0.15, -0.1) is 0 Å². The minimum Gasteiger partial charge on any atom is -0.378 e. The minimum atomic E-state index is -0.106. The molecule has 38 heavy (non-hydrogen) atoms. The summed E-state index contributed by atoms with van der Waals surface area (Å²) in [5, 5.41) is 1.29. The van der Waals surface area contributed by atoms with Gasteiger partial charge in [0.1, 0.15) is 11.5 Å². The molecular formula is C28H30ClN7O2. The first kappa shape index (κ1) is 25.1. The molecular weight excluding hydrogens is 502 g/mol. The molecule has 196 valence electrons. The summed E-state index contributed by atoms with van der Waals surface area (Å²) in [5.74, 6) is 0.636. The molecule has 0 bridgehead atoms. The molecule has 0 N–H and O–H groups in total. The maximum atomic E-state index is 13.9. The average molecular weight is 532 g/mol. The van der Waals surface area contributed by atoms with Crippen molar-refractivity contribution in [3.8, 4) is 22.4 Å². The minimum absolute atomic E-state index is 0.106. The Morgan fingerprint density at radius 2 is 1.79 bits per heavy atom. The fraction of sp³-hybridized carbons (Fsp3) is 0.393. The molecule has 0 atom stereocenters. The van der Waals surface area contributed by atoms with Crippen LogP contribution in [0.25, 0.3) is 33.4 Å². The van der Waals surface area contributed by atoms with Crippen LogP contribution in [0.2, 0.25) is 5.02 Å². The zero-order valence-corrected chi connectivity index (χ0v) is 22.4. The first-order valence-corrected chi connectivity index (χ1v) is 13.3. The van der Waals surface area contributed by atoms with Gasteiger partial charge in [0.15, 0.2) is 0 Å². The summed E-state index contributed by atoms with van der Waals surface area (Å²) in [4.78, 5) is 36.6. The molecule has 5 heterocycles. The van der Waals surface area contributed by atoms with Crippen molar-refractivity contribution in [2.45, 2.75) is 26.4 Å². The summed E-state index contributed by atoms with van der Waals surface area (Å²) in [6.07, 6.45) is 5.20. The van der Waals surface area contributed by atoms with Crippen LogP contribution in [0.3, 0.4) is 0 Å². The van der Waals surface area contributed by atoms with Crippen LogP contribution in [0.1, 0.15) is 11.5 Å². The third-order valence-electron chi connectivity index (χ3n) is 7.44. The van der Waals surface area contributed by atoms with Gasteiger partial charge in [0, 0.05) is 78.8 Å². The third kappa shape index (κ3) is 4.94. The van der Waals surface area contributed by atoms with Crippen molar-refractivity contribution in [3.05, 3.63) is 69.8 Å². The normalized spacial score (nSPS) is 17.1. The number of piperazine rings is 1. The average Bonchev–Trinajstić information content (AvgIpc) is 2.88. The molecule has 3 aromatic heterocycles.